The monoisotopic (exact) mass is 261 g/mol. The van der Waals surface area contributed by atoms with Gasteiger partial charge in [-0.05, 0) is 44.4 Å². The number of rotatable bonds is 4. The van der Waals surface area contributed by atoms with E-state index in [4.69, 9.17) is 11.0 Å². The van der Waals surface area contributed by atoms with Crippen LogP contribution >= 0.6 is 0 Å². The van der Waals surface area contributed by atoms with Crippen molar-refractivity contribution in [2.75, 3.05) is 6.54 Å². The van der Waals surface area contributed by atoms with Gasteiger partial charge in [-0.1, -0.05) is 12.2 Å². The van der Waals surface area contributed by atoms with Crippen molar-refractivity contribution in [1.29, 1.82) is 5.26 Å². The summed E-state index contributed by atoms with van der Waals surface area (Å²) in [6.45, 7) is 0.718. The summed E-state index contributed by atoms with van der Waals surface area (Å²) in [6, 6.07) is 1.91. The summed E-state index contributed by atoms with van der Waals surface area (Å²) in [7, 11) is 0. The van der Waals surface area contributed by atoms with Crippen LogP contribution in [-0.2, 0) is 4.79 Å². The molecule has 2 rings (SSSR count). The summed E-state index contributed by atoms with van der Waals surface area (Å²) in [5, 5.41) is 9.00. The number of likely N-dealkylation sites (tertiary alicyclic amines) is 1. The van der Waals surface area contributed by atoms with Gasteiger partial charge in [-0.15, -0.1) is 0 Å². The predicted molar refractivity (Wildman–Crippen MR) is 74.0 cm³/mol. The second kappa shape index (κ2) is 6.72. The number of nitriles is 1. The first-order chi connectivity index (χ1) is 9.20. The van der Waals surface area contributed by atoms with Crippen molar-refractivity contribution in [2.45, 2.75) is 57.0 Å². The van der Waals surface area contributed by atoms with Gasteiger partial charge in [0.1, 0.15) is 6.04 Å². The van der Waals surface area contributed by atoms with E-state index in [0.29, 0.717) is 12.3 Å². The van der Waals surface area contributed by atoms with Gasteiger partial charge in [0.05, 0.1) is 6.07 Å². The summed E-state index contributed by atoms with van der Waals surface area (Å²) in [4.78, 5) is 13.9. The van der Waals surface area contributed by atoms with Gasteiger partial charge in [0, 0.05) is 19.0 Å². The summed E-state index contributed by atoms with van der Waals surface area (Å²) in [6.07, 6.45) is 10.9. The Bertz CT molecular complexity index is 385. The Morgan fingerprint density at radius 2 is 2.32 bits per heavy atom. The van der Waals surface area contributed by atoms with Crippen molar-refractivity contribution in [3.05, 3.63) is 12.2 Å². The van der Waals surface area contributed by atoms with E-state index in [1.165, 1.54) is 6.42 Å². The zero-order valence-corrected chi connectivity index (χ0v) is 11.4. The molecule has 1 aliphatic heterocycles. The van der Waals surface area contributed by atoms with E-state index < -0.39 is 0 Å². The molecule has 1 amide bonds. The molecule has 0 aromatic carbocycles. The normalized spacial score (nSPS) is 28.1. The minimum absolute atomic E-state index is 0.0582. The number of allylic oxidation sites excluding steroid dienone is 2. The van der Waals surface area contributed by atoms with Crippen LogP contribution in [0.2, 0.25) is 0 Å². The van der Waals surface area contributed by atoms with E-state index >= 15 is 0 Å². The highest BCUT2D eigenvalue weighted by Crippen LogP contribution is 2.24. The standard InChI is InChI=1S/C15H23N3O/c16-11-14-7-4-8-18(14)15(19)10-13(17)9-12-5-2-1-3-6-12/h1-2,12-14H,3-10,17H2/t12?,13?,14-/m0/s1. The molecule has 0 radical (unpaired) electrons. The molecule has 2 aliphatic rings. The van der Waals surface area contributed by atoms with Gasteiger partial charge in [0.15, 0.2) is 0 Å². The molecule has 1 fully saturated rings. The molecule has 104 valence electrons. The fourth-order valence-electron chi connectivity index (χ4n) is 3.12. The van der Waals surface area contributed by atoms with Crippen LogP contribution in [0.4, 0.5) is 0 Å². The number of hydrogen-bond donors (Lipinski definition) is 1. The fraction of sp³-hybridized carbons (Fsp3) is 0.733. The lowest BCUT2D eigenvalue weighted by Gasteiger charge is -2.24. The predicted octanol–water partition coefficient (Wildman–Crippen LogP) is 1.96. The Balaban J connectivity index is 1.78. The second-order valence-electron chi connectivity index (χ2n) is 5.72. The molecule has 0 saturated carbocycles. The van der Waals surface area contributed by atoms with Crippen LogP contribution < -0.4 is 5.73 Å². The fourth-order valence-corrected chi connectivity index (χ4v) is 3.12. The third-order valence-electron chi connectivity index (χ3n) is 4.17. The highest BCUT2D eigenvalue weighted by Gasteiger charge is 2.29. The van der Waals surface area contributed by atoms with Gasteiger partial charge < -0.3 is 10.6 Å². The molecule has 0 bridgehead atoms. The smallest absolute Gasteiger partial charge is 0.225 e. The van der Waals surface area contributed by atoms with Gasteiger partial charge in [-0.2, -0.15) is 5.26 Å². The number of carbonyl (C=O) groups excluding carboxylic acids is 1. The van der Waals surface area contributed by atoms with Gasteiger partial charge >= 0.3 is 0 Å². The molecule has 3 atom stereocenters. The van der Waals surface area contributed by atoms with Crippen molar-refractivity contribution in [2.24, 2.45) is 11.7 Å². The SMILES string of the molecule is N#C[C@@H]1CCCN1C(=O)CC(N)CC1CC=CCC1. The van der Waals surface area contributed by atoms with E-state index in [2.05, 4.69) is 18.2 Å². The van der Waals surface area contributed by atoms with Crippen molar-refractivity contribution in [1.82, 2.24) is 4.90 Å². The summed E-state index contributed by atoms with van der Waals surface area (Å²) in [5.41, 5.74) is 6.11. The molecule has 0 aromatic heterocycles. The van der Waals surface area contributed by atoms with Crippen LogP contribution in [0.25, 0.3) is 0 Å². The van der Waals surface area contributed by atoms with Crippen LogP contribution in [0.5, 0.6) is 0 Å². The Morgan fingerprint density at radius 1 is 1.47 bits per heavy atom. The average Bonchev–Trinajstić information content (AvgIpc) is 2.88. The maximum atomic E-state index is 12.1. The molecule has 1 heterocycles. The molecule has 2 unspecified atom stereocenters. The first kappa shape index (κ1) is 14.1. The Labute approximate surface area is 115 Å². The Kier molecular flexibility index (Phi) is 4.98. The summed E-state index contributed by atoms with van der Waals surface area (Å²) in [5.74, 6) is 0.682. The lowest BCUT2D eigenvalue weighted by molar-refractivity contribution is -0.131. The highest BCUT2D eigenvalue weighted by atomic mass is 16.2. The topological polar surface area (TPSA) is 70.1 Å². The first-order valence-corrected chi connectivity index (χ1v) is 7.30. The molecule has 2 N–H and O–H groups in total. The van der Waals surface area contributed by atoms with Crippen molar-refractivity contribution >= 4 is 5.91 Å². The first-order valence-electron chi connectivity index (χ1n) is 7.30. The lowest BCUT2D eigenvalue weighted by atomic mass is 9.88. The minimum Gasteiger partial charge on any atom is -0.327 e. The maximum Gasteiger partial charge on any atom is 0.225 e. The van der Waals surface area contributed by atoms with Gasteiger partial charge in [0.2, 0.25) is 5.91 Å². The average molecular weight is 261 g/mol. The Morgan fingerprint density at radius 3 is 3.00 bits per heavy atom. The molecule has 0 aromatic rings. The van der Waals surface area contributed by atoms with Crippen LogP contribution in [-0.4, -0.2) is 29.4 Å². The quantitative estimate of drug-likeness (QED) is 0.786. The number of amides is 1. The molecule has 4 heteroatoms. The van der Waals surface area contributed by atoms with Crippen molar-refractivity contribution in [3.8, 4) is 6.07 Å². The molecule has 19 heavy (non-hydrogen) atoms. The van der Waals surface area contributed by atoms with E-state index in [1.54, 1.807) is 4.90 Å². The largest absolute Gasteiger partial charge is 0.327 e. The molecule has 4 nitrogen and oxygen atoms in total. The number of carbonyl (C=O) groups is 1. The molecular weight excluding hydrogens is 238 g/mol. The van der Waals surface area contributed by atoms with E-state index in [-0.39, 0.29) is 18.0 Å². The van der Waals surface area contributed by atoms with E-state index in [1.807, 2.05) is 0 Å². The third kappa shape index (κ3) is 3.81. The van der Waals surface area contributed by atoms with Crippen molar-refractivity contribution in [3.63, 3.8) is 0 Å². The lowest BCUT2D eigenvalue weighted by Crippen LogP contribution is -2.39. The van der Waals surface area contributed by atoms with E-state index in [9.17, 15) is 4.79 Å². The summed E-state index contributed by atoms with van der Waals surface area (Å²) < 4.78 is 0. The third-order valence-corrected chi connectivity index (χ3v) is 4.17. The number of nitrogens with zero attached hydrogens (tertiary/aromatic N) is 2. The number of nitrogens with two attached hydrogens (primary N) is 1. The Hall–Kier alpha value is -1.34. The summed E-state index contributed by atoms with van der Waals surface area (Å²) >= 11 is 0. The van der Waals surface area contributed by atoms with Gasteiger partial charge in [-0.3, -0.25) is 4.79 Å². The molecular formula is C15H23N3O. The highest BCUT2D eigenvalue weighted by molar-refractivity contribution is 5.77. The van der Waals surface area contributed by atoms with Gasteiger partial charge in [-0.25, -0.2) is 0 Å². The molecule has 1 aliphatic carbocycles. The van der Waals surface area contributed by atoms with Crippen LogP contribution in [0.1, 0.15) is 44.9 Å². The minimum atomic E-state index is -0.225. The van der Waals surface area contributed by atoms with Crippen molar-refractivity contribution < 1.29 is 4.79 Å². The van der Waals surface area contributed by atoms with Gasteiger partial charge in [0.25, 0.3) is 0 Å². The zero-order valence-electron chi connectivity index (χ0n) is 11.4. The molecule has 0 spiro atoms. The van der Waals surface area contributed by atoms with Crippen LogP contribution in [0, 0.1) is 17.2 Å². The van der Waals surface area contributed by atoms with E-state index in [0.717, 1.165) is 38.6 Å². The molecule has 1 saturated heterocycles. The van der Waals surface area contributed by atoms with Crippen LogP contribution in [0.3, 0.4) is 0 Å². The number of hydrogen-bond acceptors (Lipinski definition) is 3. The van der Waals surface area contributed by atoms with Crippen LogP contribution in [0.15, 0.2) is 12.2 Å². The second-order valence-corrected chi connectivity index (χ2v) is 5.72. The zero-order chi connectivity index (χ0) is 13.7. The maximum absolute atomic E-state index is 12.1.